The number of hydrogen-bond donors (Lipinski definition) is 19. The van der Waals surface area contributed by atoms with Crippen LogP contribution in [0.1, 0.15) is 79.1 Å². The van der Waals surface area contributed by atoms with Crippen molar-refractivity contribution in [3.8, 4) is 0 Å². The second-order valence-electron chi connectivity index (χ2n) is 20.2. The van der Waals surface area contributed by atoms with Crippen LogP contribution < -0.4 is 98.0 Å². The van der Waals surface area contributed by atoms with E-state index in [0.29, 0.717) is 10.8 Å². The number of fused-ring (bicyclic) bond motifs is 1. The maximum atomic E-state index is 14.2. The number of nitrogens with two attached hydrogens (primary N) is 8. The molecule has 2 rings (SSSR count). The van der Waals surface area contributed by atoms with Crippen molar-refractivity contribution in [3.63, 3.8) is 0 Å². The molecule has 36 heteroatoms. The molecule has 0 aliphatic rings. The number of benzene rings is 2. The van der Waals surface area contributed by atoms with Gasteiger partial charge in [0.25, 0.3) is 0 Å². The maximum Gasteiger partial charge on any atom is 0.326 e. The number of carboxylic acids is 1. The minimum atomic E-state index is -4.27. The summed E-state index contributed by atoms with van der Waals surface area (Å²) in [7, 11) is -0.649. The molecule has 0 saturated carbocycles. The molecule has 0 spiro atoms. The molecule has 0 aromatic heterocycles. The van der Waals surface area contributed by atoms with Gasteiger partial charge < -0.3 is 104 Å². The summed E-state index contributed by atoms with van der Waals surface area (Å²) < 4.78 is 29.4. The first-order chi connectivity index (χ1) is 40.8. The topological polar surface area (TPSA) is 597 Å². The second kappa shape index (κ2) is 36.5. The van der Waals surface area contributed by atoms with Gasteiger partial charge in [-0.15, -0.1) is 0 Å². The number of amides is 8. The van der Waals surface area contributed by atoms with Gasteiger partial charge in [-0.25, -0.2) is 13.2 Å². The first-order valence-electron chi connectivity index (χ1n) is 27.5. The number of anilines is 1. The Morgan fingerprint density at radius 2 is 0.759 bits per heavy atom. The van der Waals surface area contributed by atoms with Gasteiger partial charge >= 0.3 is 5.97 Å². The Labute approximate surface area is 503 Å². The van der Waals surface area contributed by atoms with Crippen molar-refractivity contribution in [2.75, 3.05) is 51.8 Å². The molecule has 0 bridgehead atoms. The Kier molecular flexibility index (Phi) is 31.0. The molecular formula is C51H86N22O13S. The van der Waals surface area contributed by atoms with Crippen LogP contribution >= 0.6 is 0 Å². The van der Waals surface area contributed by atoms with Crippen molar-refractivity contribution < 1.29 is 61.8 Å². The maximum absolute atomic E-state index is 14.2. The molecule has 484 valence electrons. The van der Waals surface area contributed by atoms with Gasteiger partial charge in [0.2, 0.25) is 57.3 Å². The molecule has 35 nitrogen and oxygen atoms in total. The van der Waals surface area contributed by atoms with E-state index in [4.69, 9.17) is 45.9 Å². The van der Waals surface area contributed by atoms with Crippen LogP contribution in [0.25, 0.3) is 10.8 Å². The van der Waals surface area contributed by atoms with Crippen LogP contribution in [0.4, 0.5) is 5.69 Å². The third-order valence-corrected chi connectivity index (χ3v) is 14.3. The van der Waals surface area contributed by atoms with Crippen molar-refractivity contribution in [2.24, 2.45) is 65.8 Å². The summed E-state index contributed by atoms with van der Waals surface area (Å²) in [5.74, 6) is -10.1. The fraction of sp³-hybridized carbons (Fsp3) is 0.549. The Morgan fingerprint density at radius 3 is 1.10 bits per heavy atom. The van der Waals surface area contributed by atoms with Gasteiger partial charge in [0, 0.05) is 56.7 Å². The van der Waals surface area contributed by atoms with Gasteiger partial charge in [-0.05, 0) is 91.2 Å². The molecule has 0 fully saturated rings. The molecular weight excluding hydrogens is 1160 g/mol. The smallest absolute Gasteiger partial charge is 0.326 e. The van der Waals surface area contributed by atoms with Gasteiger partial charge in [0.05, 0.1) is 17.5 Å². The quantitative estimate of drug-likeness (QED) is 0.0169. The lowest BCUT2D eigenvalue weighted by molar-refractivity contribution is -0.142. The van der Waals surface area contributed by atoms with E-state index in [9.17, 15) is 61.8 Å². The van der Waals surface area contributed by atoms with Crippen molar-refractivity contribution >= 4 is 104 Å². The zero-order valence-corrected chi connectivity index (χ0v) is 50.3. The largest absolute Gasteiger partial charge is 0.480 e. The van der Waals surface area contributed by atoms with E-state index in [2.05, 4.69) is 67.2 Å². The summed E-state index contributed by atoms with van der Waals surface area (Å²) in [5, 5.41) is 40.6. The summed E-state index contributed by atoms with van der Waals surface area (Å²) in [6.07, 6.45) is -0.288. The fourth-order valence-electron chi connectivity index (χ4n) is 8.10. The average Bonchev–Trinajstić information content (AvgIpc) is 1.08. The van der Waals surface area contributed by atoms with E-state index < -0.39 is 124 Å². The normalized spacial score (nSPS) is 14.1. The highest BCUT2D eigenvalue weighted by Crippen LogP contribution is 2.31. The van der Waals surface area contributed by atoms with Gasteiger partial charge in [-0.1, -0.05) is 24.3 Å². The Bertz CT molecular complexity index is 2950. The first kappa shape index (κ1) is 73.8. The summed E-state index contributed by atoms with van der Waals surface area (Å²) >= 11 is 0. The number of aliphatic imine (C=N–C) groups is 4. The van der Waals surface area contributed by atoms with Crippen LogP contribution in [-0.4, -0.2) is 197 Å². The van der Waals surface area contributed by atoms with Gasteiger partial charge in [-0.2, -0.15) is 4.72 Å². The van der Waals surface area contributed by atoms with Crippen LogP contribution in [0.2, 0.25) is 0 Å². The SMILES string of the molecule is C[C@H](NC(=O)[C@H](C)NC(=O)[C@H](C)NS(=O)(=O)c1ccc(N(C)C)c2ccccc12)C(=O)N[C@@H](C)C(=O)N[C@@H](CO)C(=O)N[C@@H](CCCN=C(N)N)C(=O)N[C@@H](CCCN=C(N)N)C(=O)N[C@@H](CCCN=C(N)N)C(=O)N[C@@H](CCCN=C(N)N)C(=O)O. The number of carbonyl (C=O) groups excluding carboxylic acids is 8. The number of aliphatic hydroxyl groups is 1. The predicted octanol–water partition coefficient (Wildman–Crippen LogP) is -7.20. The van der Waals surface area contributed by atoms with Crippen LogP contribution in [-0.2, 0) is 53.2 Å². The molecule has 27 N–H and O–H groups in total. The van der Waals surface area contributed by atoms with Crippen molar-refractivity contribution in [1.29, 1.82) is 0 Å². The number of guanidine groups is 4. The van der Waals surface area contributed by atoms with E-state index in [1.165, 1.54) is 33.8 Å². The molecule has 2 aromatic carbocycles. The van der Waals surface area contributed by atoms with Gasteiger partial charge in [0.15, 0.2) is 23.8 Å². The standard InChI is InChI=1S/C51H86N22O13S/c1-26(64-40(76)27(2)66-42(78)29(4)72-87(85,86)38-20-19-37(73(5)6)30-13-7-8-14-31(30)38)39(75)65-28(3)41(77)71-36(25-74)46(82)69-33(16-10-22-61-49(54)55)44(80)67-32(15-9-21-60-48(52)53)43(79)68-34(17-11-23-62-50(56)57)45(81)70-35(47(83)84)18-12-24-63-51(58)59/h7-8,13-14,19-20,26-29,32-36,72,74H,9-12,15-18,21-25H2,1-6H3,(H,64,76)(H,65,75)(H,66,78)(H,67,80)(H,68,79)(H,69,82)(H,70,81)(H,71,77)(H,83,84)(H4,52,53,60)(H4,54,55,61)(H4,56,57,62)(H4,58,59,63)/t26-,27-,28-,29-,32-,33-,34-,35-,36-/m0/s1. The summed E-state index contributed by atoms with van der Waals surface area (Å²) in [4.78, 5) is 138. The lowest BCUT2D eigenvalue weighted by Crippen LogP contribution is -2.60. The van der Waals surface area contributed by atoms with Crippen LogP contribution in [0, 0.1) is 0 Å². The molecule has 2 aromatic rings. The number of aliphatic carboxylic acids is 1. The lowest BCUT2D eigenvalue weighted by Gasteiger charge is -2.27. The number of hydrogen-bond acceptors (Lipinski definition) is 17. The zero-order valence-electron chi connectivity index (χ0n) is 49.5. The van der Waals surface area contributed by atoms with Crippen molar-refractivity contribution in [1.82, 2.24) is 47.3 Å². The summed E-state index contributed by atoms with van der Waals surface area (Å²) in [6, 6.07) is -3.20. The Hall–Kier alpha value is -9.32. The Balaban J connectivity index is 2.24. The molecule has 87 heavy (non-hydrogen) atoms. The molecule has 9 atom stereocenters. The van der Waals surface area contributed by atoms with Gasteiger partial charge in [0.1, 0.15) is 48.3 Å². The van der Waals surface area contributed by atoms with Crippen molar-refractivity contribution in [3.05, 3.63) is 36.4 Å². The van der Waals surface area contributed by atoms with E-state index in [0.717, 1.165) is 5.69 Å². The van der Waals surface area contributed by atoms with E-state index in [1.807, 2.05) is 19.0 Å². The fourth-order valence-corrected chi connectivity index (χ4v) is 9.51. The summed E-state index contributed by atoms with van der Waals surface area (Å²) in [5.41, 5.74) is 44.3. The number of rotatable bonds is 38. The monoisotopic (exact) mass is 1250 g/mol. The number of nitrogens with one attached hydrogen (secondary N) is 9. The molecule has 8 amide bonds. The van der Waals surface area contributed by atoms with Crippen molar-refractivity contribution in [2.45, 2.75) is 138 Å². The number of carbonyl (C=O) groups is 9. The Morgan fingerprint density at radius 1 is 0.448 bits per heavy atom. The third-order valence-electron chi connectivity index (χ3n) is 12.7. The van der Waals surface area contributed by atoms with Crippen LogP contribution in [0.15, 0.2) is 61.3 Å². The minimum Gasteiger partial charge on any atom is -0.480 e. The van der Waals surface area contributed by atoms with Crippen LogP contribution in [0.5, 0.6) is 0 Å². The molecule has 0 saturated heterocycles. The zero-order chi connectivity index (χ0) is 65.7. The summed E-state index contributed by atoms with van der Waals surface area (Å²) in [6.45, 7) is 3.98. The first-order valence-corrected chi connectivity index (χ1v) is 29.0. The average molecular weight is 1250 g/mol. The minimum absolute atomic E-state index is 0.0000225. The number of nitrogens with zero attached hydrogens (tertiary/aromatic N) is 5. The molecule has 0 unspecified atom stereocenters. The highest BCUT2D eigenvalue weighted by Gasteiger charge is 2.34. The van der Waals surface area contributed by atoms with Gasteiger partial charge in [-0.3, -0.25) is 58.3 Å². The van der Waals surface area contributed by atoms with E-state index in [-0.39, 0.29) is 106 Å². The lowest BCUT2D eigenvalue weighted by atomic mass is 10.0. The highest BCUT2D eigenvalue weighted by atomic mass is 32.2. The number of aliphatic hydroxyl groups excluding tert-OH is 1. The molecule has 0 aliphatic heterocycles. The van der Waals surface area contributed by atoms with E-state index in [1.54, 1.807) is 30.3 Å². The number of sulfonamides is 1. The van der Waals surface area contributed by atoms with Crippen LogP contribution in [0.3, 0.4) is 0 Å². The third kappa shape index (κ3) is 26.2. The molecule has 0 radical (unpaired) electrons. The second-order valence-corrected chi connectivity index (χ2v) is 21.9. The predicted molar refractivity (Wildman–Crippen MR) is 325 cm³/mol. The van der Waals surface area contributed by atoms with E-state index >= 15 is 0 Å². The molecule has 0 aliphatic carbocycles. The molecule has 0 heterocycles. The number of carboxylic acid groups (broad SMARTS) is 1. The highest BCUT2D eigenvalue weighted by molar-refractivity contribution is 7.89.